The highest BCUT2D eigenvalue weighted by atomic mass is 14.1. The number of hydrogen-bond donors (Lipinski definition) is 0. The van der Waals surface area contributed by atoms with E-state index in [1.807, 2.05) is 0 Å². The first-order valence-corrected chi connectivity index (χ1v) is 10.6. The van der Waals surface area contributed by atoms with Crippen LogP contribution in [-0.4, -0.2) is 0 Å². The van der Waals surface area contributed by atoms with Crippen LogP contribution in [0.15, 0.2) is 12.2 Å². The zero-order valence-electron chi connectivity index (χ0n) is 16.2. The van der Waals surface area contributed by atoms with Gasteiger partial charge in [-0.3, -0.25) is 0 Å². The summed E-state index contributed by atoms with van der Waals surface area (Å²) >= 11 is 0. The first-order chi connectivity index (χ1) is 11.3. The average Bonchev–Trinajstić information content (AvgIpc) is 2.56. The molecular formula is C23H44. The van der Waals surface area contributed by atoms with E-state index in [2.05, 4.69) is 32.9 Å². The van der Waals surface area contributed by atoms with E-state index < -0.39 is 0 Å². The molecule has 0 saturated heterocycles. The molecule has 0 spiro atoms. The van der Waals surface area contributed by atoms with Gasteiger partial charge in [-0.15, -0.1) is 0 Å². The largest absolute Gasteiger partial charge is 0.0885 e. The van der Waals surface area contributed by atoms with Crippen LogP contribution in [0.4, 0.5) is 0 Å². The van der Waals surface area contributed by atoms with E-state index in [9.17, 15) is 0 Å². The first kappa shape index (κ1) is 22.7. The Balaban J connectivity index is 3.53. The summed E-state index contributed by atoms with van der Waals surface area (Å²) < 4.78 is 0. The van der Waals surface area contributed by atoms with Gasteiger partial charge >= 0.3 is 0 Å². The lowest BCUT2D eigenvalue weighted by atomic mass is 9.93. The Bertz CT molecular complexity index is 228. The highest BCUT2D eigenvalue weighted by Gasteiger charge is 2.05. The molecule has 136 valence electrons. The molecule has 1 atom stereocenters. The molecule has 0 aromatic heterocycles. The van der Waals surface area contributed by atoms with E-state index in [4.69, 9.17) is 0 Å². The van der Waals surface area contributed by atoms with Crippen LogP contribution in [0.5, 0.6) is 0 Å². The van der Waals surface area contributed by atoms with Crippen LogP contribution in [0.2, 0.25) is 0 Å². The van der Waals surface area contributed by atoms with Crippen molar-refractivity contribution in [1.29, 1.82) is 0 Å². The topological polar surface area (TPSA) is 0 Å². The molecule has 0 nitrogen and oxygen atoms in total. The lowest BCUT2D eigenvalue weighted by Crippen LogP contribution is -1.99. The molecule has 2 radical (unpaired) electrons. The maximum atomic E-state index is 3.93. The summed E-state index contributed by atoms with van der Waals surface area (Å²) in [6.07, 6.45) is 27.8. The minimum absolute atomic E-state index is 0.929. The SMILES string of the molecule is [CH2]CCCCCCCC/C=C/CC(CCC)CCCCCC[CH2]. The fourth-order valence-electron chi connectivity index (χ4n) is 3.30. The number of unbranched alkanes of at least 4 members (excludes halogenated alkanes) is 11. The Kier molecular flexibility index (Phi) is 19.6. The third-order valence-electron chi connectivity index (χ3n) is 4.82. The minimum atomic E-state index is 0.929. The van der Waals surface area contributed by atoms with Crippen molar-refractivity contribution < 1.29 is 0 Å². The Morgan fingerprint density at radius 1 is 0.652 bits per heavy atom. The molecule has 0 amide bonds. The van der Waals surface area contributed by atoms with E-state index in [1.165, 1.54) is 96.3 Å². The van der Waals surface area contributed by atoms with Gasteiger partial charge in [0.05, 0.1) is 0 Å². The second-order valence-corrected chi connectivity index (χ2v) is 7.18. The third-order valence-corrected chi connectivity index (χ3v) is 4.82. The van der Waals surface area contributed by atoms with Gasteiger partial charge in [-0.2, -0.15) is 0 Å². The Morgan fingerprint density at radius 2 is 1.22 bits per heavy atom. The Hall–Kier alpha value is -0.260. The van der Waals surface area contributed by atoms with Gasteiger partial charge in [0.15, 0.2) is 0 Å². The van der Waals surface area contributed by atoms with Gasteiger partial charge in [-0.05, 0) is 25.2 Å². The van der Waals surface area contributed by atoms with Crippen LogP contribution in [-0.2, 0) is 0 Å². The predicted octanol–water partition coefficient (Wildman–Crippen LogP) is 8.48. The van der Waals surface area contributed by atoms with Gasteiger partial charge < -0.3 is 0 Å². The van der Waals surface area contributed by atoms with Crippen LogP contribution in [0.3, 0.4) is 0 Å². The molecule has 0 saturated carbocycles. The summed E-state index contributed by atoms with van der Waals surface area (Å²) in [6.45, 7) is 10.2. The molecule has 0 heteroatoms. The number of hydrogen-bond acceptors (Lipinski definition) is 0. The molecule has 0 N–H and O–H groups in total. The highest BCUT2D eigenvalue weighted by Crippen LogP contribution is 2.20. The average molecular weight is 321 g/mol. The molecule has 23 heavy (non-hydrogen) atoms. The molecule has 0 heterocycles. The van der Waals surface area contributed by atoms with Crippen molar-refractivity contribution in [3.05, 3.63) is 26.0 Å². The van der Waals surface area contributed by atoms with Gasteiger partial charge in [-0.25, -0.2) is 0 Å². The molecule has 0 bridgehead atoms. The van der Waals surface area contributed by atoms with Crippen LogP contribution in [0, 0.1) is 19.8 Å². The first-order valence-electron chi connectivity index (χ1n) is 10.6. The molecule has 0 aliphatic heterocycles. The maximum absolute atomic E-state index is 3.93. The van der Waals surface area contributed by atoms with E-state index in [-0.39, 0.29) is 0 Å². The van der Waals surface area contributed by atoms with Gasteiger partial charge in [0.2, 0.25) is 0 Å². The quantitative estimate of drug-likeness (QED) is 0.175. The van der Waals surface area contributed by atoms with Crippen molar-refractivity contribution in [2.45, 2.75) is 116 Å². The van der Waals surface area contributed by atoms with Crippen LogP contribution >= 0.6 is 0 Å². The number of allylic oxidation sites excluding steroid dienone is 2. The van der Waals surface area contributed by atoms with Crippen molar-refractivity contribution in [3.8, 4) is 0 Å². The second-order valence-electron chi connectivity index (χ2n) is 7.18. The van der Waals surface area contributed by atoms with Crippen LogP contribution < -0.4 is 0 Å². The highest BCUT2D eigenvalue weighted by molar-refractivity contribution is 4.84. The van der Waals surface area contributed by atoms with E-state index in [0.717, 1.165) is 18.8 Å². The minimum Gasteiger partial charge on any atom is -0.0885 e. The molecule has 0 fully saturated rings. The Morgan fingerprint density at radius 3 is 1.83 bits per heavy atom. The van der Waals surface area contributed by atoms with Crippen molar-refractivity contribution in [1.82, 2.24) is 0 Å². The molecule has 0 aliphatic rings. The monoisotopic (exact) mass is 320 g/mol. The van der Waals surface area contributed by atoms with Crippen molar-refractivity contribution in [2.24, 2.45) is 5.92 Å². The van der Waals surface area contributed by atoms with Crippen LogP contribution in [0.25, 0.3) is 0 Å². The fourth-order valence-corrected chi connectivity index (χ4v) is 3.30. The standard InChI is InChI=1S/C23H44/c1-4-7-9-11-12-13-14-15-17-19-22-23(20-6-3)21-18-16-10-8-5-2/h17,19,23H,1-2,4-16,18,20-22H2,3H3/b19-17+. The predicted molar refractivity (Wildman–Crippen MR) is 108 cm³/mol. The zero-order valence-corrected chi connectivity index (χ0v) is 16.2. The maximum Gasteiger partial charge on any atom is -0.0322 e. The van der Waals surface area contributed by atoms with Crippen molar-refractivity contribution >= 4 is 0 Å². The van der Waals surface area contributed by atoms with Gasteiger partial charge in [0.25, 0.3) is 0 Å². The molecule has 0 aromatic rings. The van der Waals surface area contributed by atoms with E-state index in [0.29, 0.717) is 0 Å². The summed E-state index contributed by atoms with van der Waals surface area (Å²) in [5.41, 5.74) is 0. The smallest absolute Gasteiger partial charge is 0.0322 e. The second kappa shape index (κ2) is 19.8. The Labute approximate surface area is 148 Å². The normalized spacial score (nSPS) is 13.0. The molecule has 0 rings (SSSR count). The van der Waals surface area contributed by atoms with Gasteiger partial charge in [0, 0.05) is 0 Å². The van der Waals surface area contributed by atoms with E-state index >= 15 is 0 Å². The summed E-state index contributed by atoms with van der Waals surface area (Å²) in [6, 6.07) is 0. The third kappa shape index (κ3) is 17.9. The lowest BCUT2D eigenvalue weighted by Gasteiger charge is -2.13. The van der Waals surface area contributed by atoms with Crippen molar-refractivity contribution in [2.75, 3.05) is 0 Å². The van der Waals surface area contributed by atoms with Gasteiger partial charge in [-0.1, -0.05) is 123 Å². The summed E-state index contributed by atoms with van der Waals surface area (Å²) in [5.74, 6) is 0.929. The van der Waals surface area contributed by atoms with Crippen molar-refractivity contribution in [3.63, 3.8) is 0 Å². The lowest BCUT2D eigenvalue weighted by molar-refractivity contribution is 0.424. The summed E-state index contributed by atoms with van der Waals surface area (Å²) in [5, 5.41) is 0. The summed E-state index contributed by atoms with van der Waals surface area (Å²) in [7, 11) is 0. The number of rotatable bonds is 18. The van der Waals surface area contributed by atoms with E-state index in [1.54, 1.807) is 0 Å². The molecule has 1 unspecified atom stereocenters. The van der Waals surface area contributed by atoms with Crippen LogP contribution in [0.1, 0.15) is 116 Å². The molecular weight excluding hydrogens is 276 g/mol. The summed E-state index contributed by atoms with van der Waals surface area (Å²) in [4.78, 5) is 0. The fraction of sp³-hybridized carbons (Fsp3) is 0.826. The van der Waals surface area contributed by atoms with Gasteiger partial charge in [0.1, 0.15) is 0 Å². The molecule has 0 aliphatic carbocycles. The molecule has 0 aromatic carbocycles. The zero-order chi connectivity index (χ0) is 17.0.